The summed E-state index contributed by atoms with van der Waals surface area (Å²) in [7, 11) is 0. The number of furan rings is 1. The topological polar surface area (TPSA) is 83.4 Å². The number of benzene rings is 1. The van der Waals surface area contributed by atoms with E-state index in [2.05, 4.69) is 15.0 Å². The molecule has 0 aliphatic heterocycles. The summed E-state index contributed by atoms with van der Waals surface area (Å²) in [6, 6.07) is 12.8. The van der Waals surface area contributed by atoms with E-state index in [0.717, 1.165) is 0 Å². The van der Waals surface area contributed by atoms with Crippen molar-refractivity contribution in [3.63, 3.8) is 0 Å². The fourth-order valence-electron chi connectivity index (χ4n) is 2.29. The van der Waals surface area contributed by atoms with Crippen LogP contribution in [0.1, 0.15) is 11.5 Å². The normalized spacial score (nSPS) is 10.7. The Morgan fingerprint density at radius 2 is 1.85 bits per heavy atom. The number of oxazole rings is 1. The molecule has 4 rings (SSSR count). The minimum atomic E-state index is 0.265. The molecule has 0 fully saturated rings. The van der Waals surface area contributed by atoms with Crippen molar-refractivity contribution in [3.8, 4) is 29.2 Å². The summed E-state index contributed by atoms with van der Waals surface area (Å²) in [6.45, 7) is 2.10. The van der Waals surface area contributed by atoms with Crippen LogP contribution in [0.25, 0.3) is 11.7 Å². The standard InChI is InChI=1S/C19H15N3O4/c1-13-16(22-18(25-13)17-7-3-10-23-17)12-24-14-5-2-6-15(11-14)26-19-20-8-4-9-21-19/h2-11H,12H2,1H3. The van der Waals surface area contributed by atoms with Crippen LogP contribution in [0.2, 0.25) is 0 Å². The average molecular weight is 349 g/mol. The lowest BCUT2D eigenvalue weighted by Gasteiger charge is -2.07. The number of hydrogen-bond acceptors (Lipinski definition) is 7. The molecule has 0 aliphatic carbocycles. The third-order valence-electron chi connectivity index (χ3n) is 3.56. The van der Waals surface area contributed by atoms with E-state index in [1.807, 2.05) is 19.1 Å². The third-order valence-corrected chi connectivity index (χ3v) is 3.56. The molecule has 7 heteroatoms. The predicted molar refractivity (Wildman–Crippen MR) is 91.8 cm³/mol. The van der Waals surface area contributed by atoms with Gasteiger partial charge in [-0.15, -0.1) is 0 Å². The van der Waals surface area contributed by atoms with Crippen LogP contribution in [0.5, 0.6) is 17.5 Å². The molecule has 130 valence electrons. The first-order valence-corrected chi connectivity index (χ1v) is 7.96. The van der Waals surface area contributed by atoms with Gasteiger partial charge in [-0.3, -0.25) is 0 Å². The molecular weight excluding hydrogens is 334 g/mol. The van der Waals surface area contributed by atoms with E-state index in [1.165, 1.54) is 0 Å². The largest absolute Gasteiger partial charge is 0.487 e. The molecular formula is C19H15N3O4. The molecule has 4 aromatic rings. The van der Waals surface area contributed by atoms with Crippen LogP contribution in [0, 0.1) is 6.92 Å². The van der Waals surface area contributed by atoms with Crippen molar-refractivity contribution in [1.82, 2.24) is 15.0 Å². The lowest BCUT2D eigenvalue weighted by atomic mass is 10.3. The van der Waals surface area contributed by atoms with Crippen molar-refractivity contribution in [2.45, 2.75) is 13.5 Å². The summed E-state index contributed by atoms with van der Waals surface area (Å²) in [5, 5.41) is 0. The molecule has 7 nitrogen and oxygen atoms in total. The van der Waals surface area contributed by atoms with Gasteiger partial charge in [-0.2, -0.15) is 0 Å². The number of aromatic nitrogens is 3. The molecule has 3 aromatic heterocycles. The molecule has 0 aliphatic rings. The first-order valence-electron chi connectivity index (χ1n) is 7.96. The van der Waals surface area contributed by atoms with Crippen molar-refractivity contribution in [2.75, 3.05) is 0 Å². The summed E-state index contributed by atoms with van der Waals surface area (Å²) < 4.78 is 22.3. The molecule has 26 heavy (non-hydrogen) atoms. The maximum absolute atomic E-state index is 5.81. The first kappa shape index (κ1) is 15.9. The Balaban J connectivity index is 1.44. The number of rotatable bonds is 6. The van der Waals surface area contributed by atoms with Crippen molar-refractivity contribution < 1.29 is 18.3 Å². The van der Waals surface area contributed by atoms with Gasteiger partial charge < -0.3 is 18.3 Å². The van der Waals surface area contributed by atoms with Gasteiger partial charge in [0.1, 0.15) is 29.6 Å². The minimum absolute atomic E-state index is 0.265. The second-order valence-corrected chi connectivity index (χ2v) is 5.40. The van der Waals surface area contributed by atoms with E-state index in [9.17, 15) is 0 Å². The quantitative estimate of drug-likeness (QED) is 0.510. The molecule has 0 bridgehead atoms. The van der Waals surface area contributed by atoms with E-state index in [-0.39, 0.29) is 12.6 Å². The molecule has 0 N–H and O–H groups in total. The Labute approximate surface area is 149 Å². The number of nitrogens with zero attached hydrogens (tertiary/aromatic N) is 3. The molecule has 0 unspecified atom stereocenters. The maximum Gasteiger partial charge on any atom is 0.321 e. The second kappa shape index (κ2) is 7.10. The highest BCUT2D eigenvalue weighted by molar-refractivity contribution is 5.44. The first-order chi connectivity index (χ1) is 12.8. The summed E-state index contributed by atoms with van der Waals surface area (Å²) in [6.07, 6.45) is 4.81. The highest BCUT2D eigenvalue weighted by Gasteiger charge is 2.14. The molecule has 0 amide bonds. The van der Waals surface area contributed by atoms with Crippen LogP contribution in [0.4, 0.5) is 0 Å². The molecule has 0 radical (unpaired) electrons. The van der Waals surface area contributed by atoms with Crippen molar-refractivity contribution in [1.29, 1.82) is 0 Å². The molecule has 0 saturated carbocycles. The lowest BCUT2D eigenvalue weighted by Crippen LogP contribution is -1.98. The summed E-state index contributed by atoms with van der Waals surface area (Å²) in [5.74, 6) is 2.92. The summed E-state index contributed by atoms with van der Waals surface area (Å²) >= 11 is 0. The van der Waals surface area contributed by atoms with Crippen molar-refractivity contribution >= 4 is 0 Å². The fraction of sp³-hybridized carbons (Fsp3) is 0.105. The van der Waals surface area contributed by atoms with Crippen LogP contribution in [-0.4, -0.2) is 15.0 Å². The number of ether oxygens (including phenoxy) is 2. The van der Waals surface area contributed by atoms with Gasteiger partial charge in [0.15, 0.2) is 5.76 Å². The van der Waals surface area contributed by atoms with E-state index < -0.39 is 0 Å². The van der Waals surface area contributed by atoms with Gasteiger partial charge >= 0.3 is 6.01 Å². The molecule has 0 atom stereocenters. The summed E-state index contributed by atoms with van der Waals surface area (Å²) in [4.78, 5) is 12.5. The van der Waals surface area contributed by atoms with E-state index in [4.69, 9.17) is 18.3 Å². The monoisotopic (exact) mass is 349 g/mol. The maximum atomic E-state index is 5.81. The molecule has 1 aromatic carbocycles. The van der Waals surface area contributed by atoms with Crippen molar-refractivity contribution in [3.05, 3.63) is 72.6 Å². The zero-order valence-corrected chi connectivity index (χ0v) is 14.0. The van der Waals surface area contributed by atoms with Gasteiger partial charge in [0.2, 0.25) is 0 Å². The van der Waals surface area contributed by atoms with E-state index in [1.54, 1.807) is 49.0 Å². The molecule has 3 heterocycles. The highest BCUT2D eigenvalue weighted by Crippen LogP contribution is 2.25. The Kier molecular flexibility index (Phi) is 4.34. The van der Waals surface area contributed by atoms with Gasteiger partial charge in [-0.1, -0.05) is 6.07 Å². The zero-order chi connectivity index (χ0) is 17.8. The van der Waals surface area contributed by atoms with Gasteiger partial charge in [-0.25, -0.2) is 15.0 Å². The Bertz CT molecular complexity index is 981. The Morgan fingerprint density at radius 3 is 2.65 bits per heavy atom. The number of aryl methyl sites for hydroxylation is 1. The van der Waals surface area contributed by atoms with Crippen molar-refractivity contribution in [2.24, 2.45) is 0 Å². The lowest BCUT2D eigenvalue weighted by molar-refractivity contribution is 0.298. The third kappa shape index (κ3) is 3.56. The van der Waals surface area contributed by atoms with E-state index in [0.29, 0.717) is 34.6 Å². The van der Waals surface area contributed by atoms with E-state index >= 15 is 0 Å². The van der Waals surface area contributed by atoms with Crippen LogP contribution in [0.15, 0.2) is 70.0 Å². The van der Waals surface area contributed by atoms with Gasteiger partial charge in [-0.05, 0) is 37.3 Å². The fourth-order valence-corrected chi connectivity index (χ4v) is 2.29. The molecule has 0 saturated heterocycles. The second-order valence-electron chi connectivity index (χ2n) is 5.40. The summed E-state index contributed by atoms with van der Waals surface area (Å²) in [5.41, 5.74) is 0.703. The van der Waals surface area contributed by atoms with Gasteiger partial charge in [0.05, 0.1) is 6.26 Å². The Hall–Kier alpha value is -3.61. The van der Waals surface area contributed by atoms with Crippen LogP contribution >= 0.6 is 0 Å². The minimum Gasteiger partial charge on any atom is -0.487 e. The van der Waals surface area contributed by atoms with Crippen LogP contribution < -0.4 is 9.47 Å². The van der Waals surface area contributed by atoms with Crippen LogP contribution in [-0.2, 0) is 6.61 Å². The smallest absolute Gasteiger partial charge is 0.321 e. The highest BCUT2D eigenvalue weighted by atomic mass is 16.5. The van der Waals surface area contributed by atoms with Crippen LogP contribution in [0.3, 0.4) is 0 Å². The Morgan fingerprint density at radius 1 is 1.00 bits per heavy atom. The predicted octanol–water partition coefficient (Wildman–Crippen LogP) is 4.40. The van der Waals surface area contributed by atoms with Gasteiger partial charge in [0.25, 0.3) is 5.89 Å². The SMILES string of the molecule is Cc1oc(-c2ccco2)nc1COc1cccc(Oc2ncccn2)c1. The zero-order valence-electron chi connectivity index (χ0n) is 14.0. The van der Waals surface area contributed by atoms with Gasteiger partial charge in [0, 0.05) is 18.5 Å². The number of hydrogen-bond donors (Lipinski definition) is 0. The average Bonchev–Trinajstić information content (AvgIpc) is 3.31. The molecule has 0 spiro atoms.